The van der Waals surface area contributed by atoms with E-state index in [0.717, 1.165) is 29.6 Å². The molecule has 2 aromatic heterocycles. The van der Waals surface area contributed by atoms with Crippen molar-refractivity contribution in [1.29, 1.82) is 0 Å². The third-order valence-electron chi connectivity index (χ3n) is 3.58. The molecular weight excluding hydrogens is 228 g/mol. The maximum atomic E-state index is 5.98. The Morgan fingerprint density at radius 1 is 1.39 bits per heavy atom. The van der Waals surface area contributed by atoms with Crippen molar-refractivity contribution in [2.75, 3.05) is 5.73 Å². The predicted octanol–water partition coefficient (Wildman–Crippen LogP) is 1.95. The molecule has 5 nitrogen and oxygen atoms in total. The molecule has 0 amide bonds. The number of hydrogen-bond acceptors (Lipinski definition) is 4. The number of nitrogens with zero attached hydrogens (tertiary/aromatic N) is 2. The van der Waals surface area contributed by atoms with Crippen molar-refractivity contribution < 1.29 is 4.74 Å². The Kier molecular flexibility index (Phi) is 2.35. The molecule has 96 valence electrons. The molecule has 3 heterocycles. The molecule has 3 N–H and O–H groups in total. The zero-order valence-electron chi connectivity index (χ0n) is 11.0. The van der Waals surface area contributed by atoms with Crippen LogP contribution in [0.2, 0.25) is 0 Å². The Bertz CT molecular complexity index is 615. The van der Waals surface area contributed by atoms with Crippen LogP contribution < -0.4 is 5.73 Å². The van der Waals surface area contributed by atoms with E-state index < -0.39 is 0 Å². The Morgan fingerprint density at radius 2 is 2.17 bits per heavy atom. The van der Waals surface area contributed by atoms with E-state index in [1.165, 1.54) is 11.1 Å². The van der Waals surface area contributed by atoms with Crippen molar-refractivity contribution >= 4 is 16.9 Å². The largest absolute Gasteiger partial charge is 0.384 e. The fourth-order valence-electron chi connectivity index (χ4n) is 2.65. The van der Waals surface area contributed by atoms with Gasteiger partial charge in [-0.25, -0.2) is 4.98 Å². The molecule has 0 atom stereocenters. The average molecular weight is 246 g/mol. The lowest BCUT2D eigenvalue weighted by molar-refractivity contribution is -0.0401. The van der Waals surface area contributed by atoms with Gasteiger partial charge >= 0.3 is 0 Å². The van der Waals surface area contributed by atoms with Crippen LogP contribution in [0.5, 0.6) is 0 Å². The fraction of sp³-hybridized carbons (Fsp3) is 0.538. The molecule has 3 rings (SSSR count). The lowest BCUT2D eigenvalue weighted by Gasteiger charge is -2.33. The van der Waals surface area contributed by atoms with Gasteiger partial charge in [-0.2, -0.15) is 5.10 Å². The molecule has 0 spiro atoms. The van der Waals surface area contributed by atoms with Gasteiger partial charge in [0.05, 0.1) is 17.6 Å². The van der Waals surface area contributed by atoms with Gasteiger partial charge in [0.15, 0.2) is 5.65 Å². The summed E-state index contributed by atoms with van der Waals surface area (Å²) < 4.78 is 5.89. The summed E-state index contributed by atoms with van der Waals surface area (Å²) in [6.07, 6.45) is 1.73. The smallest absolute Gasteiger partial charge is 0.183 e. The number of anilines is 1. The van der Waals surface area contributed by atoms with Crippen LogP contribution >= 0.6 is 0 Å². The maximum Gasteiger partial charge on any atom is 0.183 e. The SMILES string of the molecule is CCc1nc2n[nH]c(N)c2c2c1COC(C)(C)C2. The zero-order chi connectivity index (χ0) is 12.9. The van der Waals surface area contributed by atoms with E-state index in [9.17, 15) is 0 Å². The minimum Gasteiger partial charge on any atom is -0.384 e. The molecule has 0 saturated heterocycles. The molecule has 1 aliphatic rings. The Balaban J connectivity index is 2.32. The summed E-state index contributed by atoms with van der Waals surface area (Å²) in [4.78, 5) is 4.57. The standard InChI is InChI=1S/C13H18N4O/c1-4-9-8-6-18-13(2,3)5-7(8)10-11(14)16-17-12(10)15-9/h4-6H2,1-3H3,(H3,14,15,16,17). The quantitative estimate of drug-likeness (QED) is 0.806. The number of aromatic amines is 1. The van der Waals surface area contributed by atoms with Crippen LogP contribution in [0.4, 0.5) is 5.82 Å². The summed E-state index contributed by atoms with van der Waals surface area (Å²) in [5.74, 6) is 0.606. The highest BCUT2D eigenvalue weighted by atomic mass is 16.5. The number of rotatable bonds is 1. The second kappa shape index (κ2) is 3.68. The lowest BCUT2D eigenvalue weighted by Crippen LogP contribution is -2.32. The molecule has 0 aromatic carbocycles. The third kappa shape index (κ3) is 1.58. The molecule has 2 aromatic rings. The summed E-state index contributed by atoms with van der Waals surface area (Å²) >= 11 is 0. The highest BCUT2D eigenvalue weighted by Gasteiger charge is 2.30. The van der Waals surface area contributed by atoms with Crippen LogP contribution in [0.25, 0.3) is 11.0 Å². The zero-order valence-corrected chi connectivity index (χ0v) is 11.0. The summed E-state index contributed by atoms with van der Waals surface area (Å²) in [6.45, 7) is 6.91. The van der Waals surface area contributed by atoms with Crippen LogP contribution in [-0.4, -0.2) is 20.8 Å². The van der Waals surface area contributed by atoms with E-state index in [-0.39, 0.29) is 5.60 Å². The molecule has 18 heavy (non-hydrogen) atoms. The first-order valence-electron chi connectivity index (χ1n) is 6.30. The fourth-order valence-corrected chi connectivity index (χ4v) is 2.65. The number of ether oxygens (including phenoxy) is 1. The minimum atomic E-state index is -0.157. The van der Waals surface area contributed by atoms with E-state index in [1.807, 2.05) is 0 Å². The molecule has 0 radical (unpaired) electrons. The second-order valence-corrected chi connectivity index (χ2v) is 5.43. The average Bonchev–Trinajstić information content (AvgIpc) is 2.68. The van der Waals surface area contributed by atoms with E-state index in [2.05, 4.69) is 36.0 Å². The van der Waals surface area contributed by atoms with Gasteiger partial charge in [-0.05, 0) is 25.8 Å². The molecule has 5 heteroatoms. The third-order valence-corrected chi connectivity index (χ3v) is 3.58. The van der Waals surface area contributed by atoms with Gasteiger partial charge in [0, 0.05) is 17.7 Å². The first-order valence-corrected chi connectivity index (χ1v) is 6.30. The monoisotopic (exact) mass is 246 g/mol. The van der Waals surface area contributed by atoms with Crippen molar-refractivity contribution in [3.8, 4) is 0 Å². The summed E-state index contributed by atoms with van der Waals surface area (Å²) in [7, 11) is 0. The highest BCUT2D eigenvalue weighted by molar-refractivity contribution is 5.90. The van der Waals surface area contributed by atoms with Crippen LogP contribution in [0.15, 0.2) is 0 Å². The number of nitrogens with two attached hydrogens (primary N) is 1. The van der Waals surface area contributed by atoms with Crippen LogP contribution in [0, 0.1) is 0 Å². The van der Waals surface area contributed by atoms with Crippen molar-refractivity contribution in [2.45, 2.75) is 45.8 Å². The number of H-pyrrole nitrogens is 1. The van der Waals surface area contributed by atoms with Gasteiger partial charge in [0.1, 0.15) is 5.82 Å². The summed E-state index contributed by atoms with van der Waals surface area (Å²) in [5, 5.41) is 7.98. The lowest BCUT2D eigenvalue weighted by atomic mass is 9.89. The van der Waals surface area contributed by atoms with Crippen LogP contribution in [0.3, 0.4) is 0 Å². The number of nitrogen functional groups attached to an aromatic ring is 1. The van der Waals surface area contributed by atoms with Crippen molar-refractivity contribution in [2.24, 2.45) is 0 Å². The normalized spacial score (nSPS) is 17.9. The number of aryl methyl sites for hydroxylation is 1. The molecule has 0 unspecified atom stereocenters. The van der Waals surface area contributed by atoms with Crippen molar-refractivity contribution in [1.82, 2.24) is 15.2 Å². The van der Waals surface area contributed by atoms with Crippen molar-refractivity contribution in [3.63, 3.8) is 0 Å². The first kappa shape index (κ1) is 11.5. The van der Waals surface area contributed by atoms with Gasteiger partial charge in [-0.3, -0.25) is 5.10 Å². The van der Waals surface area contributed by atoms with Gasteiger partial charge in [-0.1, -0.05) is 6.92 Å². The van der Waals surface area contributed by atoms with E-state index in [0.29, 0.717) is 12.4 Å². The minimum absolute atomic E-state index is 0.157. The number of nitrogens with one attached hydrogen (secondary N) is 1. The Labute approximate surface area is 106 Å². The topological polar surface area (TPSA) is 76.8 Å². The van der Waals surface area contributed by atoms with Gasteiger partial charge in [0.2, 0.25) is 0 Å². The number of pyridine rings is 1. The molecular formula is C13H18N4O. The number of aromatic nitrogens is 3. The number of hydrogen-bond donors (Lipinski definition) is 2. The van der Waals surface area contributed by atoms with Crippen molar-refractivity contribution in [3.05, 3.63) is 16.8 Å². The number of fused-ring (bicyclic) bond motifs is 3. The van der Waals surface area contributed by atoms with Gasteiger partial charge < -0.3 is 10.5 Å². The molecule has 0 aliphatic carbocycles. The molecule has 1 aliphatic heterocycles. The first-order chi connectivity index (χ1) is 8.52. The van der Waals surface area contributed by atoms with E-state index >= 15 is 0 Å². The Morgan fingerprint density at radius 3 is 2.89 bits per heavy atom. The Hall–Kier alpha value is -1.62. The van der Waals surface area contributed by atoms with Gasteiger partial charge in [0.25, 0.3) is 0 Å². The van der Waals surface area contributed by atoms with Crippen LogP contribution in [-0.2, 0) is 24.2 Å². The highest BCUT2D eigenvalue weighted by Crippen LogP contribution is 2.35. The van der Waals surface area contributed by atoms with E-state index in [1.54, 1.807) is 0 Å². The predicted molar refractivity (Wildman–Crippen MR) is 70.3 cm³/mol. The molecule has 0 saturated carbocycles. The maximum absolute atomic E-state index is 5.98. The van der Waals surface area contributed by atoms with Gasteiger partial charge in [-0.15, -0.1) is 0 Å². The van der Waals surface area contributed by atoms with Crippen LogP contribution in [0.1, 0.15) is 37.6 Å². The molecule has 0 bridgehead atoms. The second-order valence-electron chi connectivity index (χ2n) is 5.43. The molecule has 0 fully saturated rings. The summed E-state index contributed by atoms with van der Waals surface area (Å²) in [5.41, 5.74) is 10.1. The summed E-state index contributed by atoms with van der Waals surface area (Å²) in [6, 6.07) is 0. The van der Waals surface area contributed by atoms with E-state index in [4.69, 9.17) is 10.5 Å².